The van der Waals surface area contributed by atoms with Crippen LogP contribution in [-0.2, 0) is 9.84 Å². The second kappa shape index (κ2) is 5.37. The second-order valence-electron chi connectivity index (χ2n) is 6.32. The Labute approximate surface area is 121 Å². The van der Waals surface area contributed by atoms with Crippen molar-refractivity contribution in [1.29, 1.82) is 0 Å². The first-order chi connectivity index (χ1) is 9.16. The maximum absolute atomic E-state index is 11.4. The first-order valence-electron chi connectivity index (χ1n) is 6.88. The van der Waals surface area contributed by atoms with Crippen LogP contribution in [0.5, 0.6) is 5.75 Å². The summed E-state index contributed by atoms with van der Waals surface area (Å²) in [7, 11) is -2.97. The van der Waals surface area contributed by atoms with Gasteiger partial charge in [0.25, 0.3) is 0 Å². The smallest absolute Gasteiger partial charge is 0.148 e. The molecular formula is C15H23NO3S. The predicted molar refractivity (Wildman–Crippen MR) is 80.8 cm³/mol. The quantitative estimate of drug-likeness (QED) is 0.926. The lowest BCUT2D eigenvalue weighted by molar-refractivity contribution is 0.0646. The van der Waals surface area contributed by atoms with Crippen molar-refractivity contribution < 1.29 is 13.2 Å². The van der Waals surface area contributed by atoms with E-state index in [4.69, 9.17) is 4.74 Å². The zero-order chi connectivity index (χ0) is 15.0. The van der Waals surface area contributed by atoms with E-state index in [0.29, 0.717) is 0 Å². The molecule has 1 heterocycles. The van der Waals surface area contributed by atoms with Crippen LogP contribution in [0.15, 0.2) is 24.3 Å². The lowest BCUT2D eigenvalue weighted by atomic mass is 9.89. The Morgan fingerprint density at radius 1 is 1.40 bits per heavy atom. The van der Waals surface area contributed by atoms with Gasteiger partial charge in [-0.1, -0.05) is 18.2 Å². The van der Waals surface area contributed by atoms with Gasteiger partial charge in [-0.2, -0.15) is 0 Å². The summed E-state index contributed by atoms with van der Waals surface area (Å²) in [6.45, 7) is 6.02. The molecule has 4 nitrogen and oxygen atoms in total. The molecule has 0 saturated carbocycles. The molecule has 0 aromatic heterocycles. The van der Waals surface area contributed by atoms with E-state index in [2.05, 4.69) is 19.2 Å². The van der Waals surface area contributed by atoms with E-state index in [1.165, 1.54) is 6.26 Å². The van der Waals surface area contributed by atoms with E-state index in [9.17, 15) is 8.42 Å². The fraction of sp³-hybridized carbons (Fsp3) is 0.600. The maximum atomic E-state index is 11.4. The van der Waals surface area contributed by atoms with E-state index in [1.807, 2.05) is 31.2 Å². The van der Waals surface area contributed by atoms with Crippen LogP contribution in [0, 0.1) is 0 Å². The van der Waals surface area contributed by atoms with Gasteiger partial charge in [0.1, 0.15) is 21.2 Å². The van der Waals surface area contributed by atoms with Gasteiger partial charge in [0.15, 0.2) is 0 Å². The lowest BCUT2D eigenvalue weighted by Gasteiger charge is -2.39. The third kappa shape index (κ3) is 3.96. The van der Waals surface area contributed by atoms with Gasteiger partial charge in [-0.05, 0) is 26.8 Å². The largest absolute Gasteiger partial charge is 0.487 e. The Kier molecular flexibility index (Phi) is 4.12. The zero-order valence-corrected chi connectivity index (χ0v) is 13.3. The molecule has 0 aliphatic carbocycles. The number of para-hydroxylation sites is 1. The minimum atomic E-state index is -2.97. The molecule has 20 heavy (non-hydrogen) atoms. The zero-order valence-electron chi connectivity index (χ0n) is 12.5. The van der Waals surface area contributed by atoms with Crippen molar-refractivity contribution in [2.75, 3.05) is 12.0 Å². The summed E-state index contributed by atoms with van der Waals surface area (Å²) in [4.78, 5) is 0. The van der Waals surface area contributed by atoms with Gasteiger partial charge in [0.2, 0.25) is 0 Å². The topological polar surface area (TPSA) is 55.4 Å². The van der Waals surface area contributed by atoms with Crippen LogP contribution in [0.25, 0.3) is 0 Å². The summed E-state index contributed by atoms with van der Waals surface area (Å²) in [5.74, 6) is 1.03. The average Bonchev–Trinajstić information content (AvgIpc) is 2.24. The molecule has 2 rings (SSSR count). The van der Waals surface area contributed by atoms with Crippen LogP contribution >= 0.6 is 0 Å². The Hall–Kier alpha value is -1.07. The summed E-state index contributed by atoms with van der Waals surface area (Å²) in [6.07, 6.45) is 2.09. The Bertz CT molecular complexity index is 581. The summed E-state index contributed by atoms with van der Waals surface area (Å²) in [5, 5.41) is 3.43. The maximum Gasteiger partial charge on any atom is 0.148 e. The van der Waals surface area contributed by atoms with Gasteiger partial charge in [0.05, 0.1) is 5.75 Å². The SMILES string of the molecule is CC(CS(C)(=O)=O)NC1CC(C)(C)Oc2ccccc21. The highest BCUT2D eigenvalue weighted by atomic mass is 32.2. The number of fused-ring (bicyclic) bond motifs is 1. The first-order valence-corrected chi connectivity index (χ1v) is 8.94. The number of sulfone groups is 1. The molecule has 1 aromatic carbocycles. The van der Waals surface area contributed by atoms with Crippen LogP contribution in [-0.4, -0.2) is 32.1 Å². The van der Waals surface area contributed by atoms with Crippen molar-refractivity contribution in [3.05, 3.63) is 29.8 Å². The van der Waals surface area contributed by atoms with Crippen molar-refractivity contribution in [3.8, 4) is 5.75 Å². The van der Waals surface area contributed by atoms with E-state index in [0.717, 1.165) is 17.7 Å². The van der Waals surface area contributed by atoms with Crippen molar-refractivity contribution in [2.45, 2.75) is 44.9 Å². The molecule has 1 aliphatic rings. The van der Waals surface area contributed by atoms with Gasteiger partial charge in [-0.3, -0.25) is 0 Å². The number of nitrogens with one attached hydrogen (secondary N) is 1. The third-order valence-electron chi connectivity index (χ3n) is 3.41. The number of hydrogen-bond acceptors (Lipinski definition) is 4. The first kappa shape index (κ1) is 15.3. The van der Waals surface area contributed by atoms with E-state index >= 15 is 0 Å². The minimum absolute atomic E-state index is 0.0862. The molecule has 2 atom stereocenters. The van der Waals surface area contributed by atoms with E-state index in [1.54, 1.807) is 0 Å². The number of rotatable bonds is 4. The molecule has 0 bridgehead atoms. The molecule has 0 saturated heterocycles. The number of benzene rings is 1. The molecule has 0 amide bonds. The molecule has 2 unspecified atom stereocenters. The molecule has 0 radical (unpaired) electrons. The van der Waals surface area contributed by atoms with Gasteiger partial charge in [-0.25, -0.2) is 8.42 Å². The molecule has 0 fully saturated rings. The standard InChI is InChI=1S/C15H23NO3S/c1-11(10-20(4,17)18)16-13-9-15(2,3)19-14-8-6-5-7-12(13)14/h5-8,11,13,16H,9-10H2,1-4H3. The molecule has 5 heteroatoms. The summed E-state index contributed by atoms with van der Waals surface area (Å²) >= 11 is 0. The van der Waals surface area contributed by atoms with Gasteiger partial charge >= 0.3 is 0 Å². The van der Waals surface area contributed by atoms with Gasteiger partial charge in [0, 0.05) is 30.3 Å². The third-order valence-corrected chi connectivity index (χ3v) is 4.52. The highest BCUT2D eigenvalue weighted by Crippen LogP contribution is 2.39. The van der Waals surface area contributed by atoms with Crippen LogP contribution in [0.3, 0.4) is 0 Å². The normalized spacial score (nSPS) is 22.7. The monoisotopic (exact) mass is 297 g/mol. The average molecular weight is 297 g/mol. The molecule has 1 aromatic rings. The van der Waals surface area contributed by atoms with Crippen molar-refractivity contribution in [1.82, 2.24) is 5.32 Å². The Balaban J connectivity index is 2.19. The van der Waals surface area contributed by atoms with E-state index in [-0.39, 0.29) is 23.4 Å². The molecule has 112 valence electrons. The van der Waals surface area contributed by atoms with Crippen LogP contribution in [0.4, 0.5) is 0 Å². The van der Waals surface area contributed by atoms with Gasteiger partial charge in [-0.15, -0.1) is 0 Å². The highest BCUT2D eigenvalue weighted by Gasteiger charge is 2.34. The molecular weight excluding hydrogens is 274 g/mol. The second-order valence-corrected chi connectivity index (χ2v) is 8.50. The van der Waals surface area contributed by atoms with Crippen molar-refractivity contribution in [2.24, 2.45) is 0 Å². The number of hydrogen-bond donors (Lipinski definition) is 1. The summed E-state index contributed by atoms with van der Waals surface area (Å²) in [6, 6.07) is 7.97. The van der Waals surface area contributed by atoms with E-state index < -0.39 is 9.84 Å². The fourth-order valence-corrected chi connectivity index (χ4v) is 3.80. The fourth-order valence-electron chi connectivity index (χ4n) is 2.80. The van der Waals surface area contributed by atoms with Crippen LogP contribution in [0.1, 0.15) is 38.8 Å². The predicted octanol–water partition coefficient (Wildman–Crippen LogP) is 2.31. The van der Waals surface area contributed by atoms with Crippen LogP contribution < -0.4 is 10.1 Å². The van der Waals surface area contributed by atoms with Gasteiger partial charge < -0.3 is 10.1 Å². The van der Waals surface area contributed by atoms with Crippen molar-refractivity contribution in [3.63, 3.8) is 0 Å². The van der Waals surface area contributed by atoms with Crippen molar-refractivity contribution >= 4 is 9.84 Å². The van der Waals surface area contributed by atoms with Crippen LogP contribution in [0.2, 0.25) is 0 Å². The lowest BCUT2D eigenvalue weighted by Crippen LogP contribution is -2.43. The minimum Gasteiger partial charge on any atom is -0.487 e. The highest BCUT2D eigenvalue weighted by molar-refractivity contribution is 7.90. The molecule has 1 N–H and O–H groups in total. The Morgan fingerprint density at radius 3 is 2.70 bits per heavy atom. The Morgan fingerprint density at radius 2 is 2.05 bits per heavy atom. The molecule has 0 spiro atoms. The summed E-state index contributed by atoms with van der Waals surface area (Å²) in [5.41, 5.74) is 0.851. The summed E-state index contributed by atoms with van der Waals surface area (Å²) < 4.78 is 28.8. The molecule has 1 aliphatic heterocycles. The number of ether oxygens (including phenoxy) is 1.